The van der Waals surface area contributed by atoms with Gasteiger partial charge in [-0.3, -0.25) is 0 Å². The van der Waals surface area contributed by atoms with Gasteiger partial charge in [0, 0.05) is 11.1 Å². The molecule has 2 aromatic carbocycles. The van der Waals surface area contributed by atoms with Crippen LogP contribution in [0.4, 0.5) is 0 Å². The Kier molecular flexibility index (Phi) is 15.1. The van der Waals surface area contributed by atoms with Gasteiger partial charge in [0.1, 0.15) is 11.5 Å². The lowest BCUT2D eigenvalue weighted by Crippen LogP contribution is -2.31. The molecular weight excluding hydrogens is 737 g/mol. The maximum absolute atomic E-state index is 12.8. The van der Waals surface area contributed by atoms with Crippen LogP contribution < -0.4 is 20.1 Å². The van der Waals surface area contributed by atoms with Gasteiger partial charge in [-0.05, 0) is 122 Å². The minimum Gasteiger partial charge on any atom is -0.488 e. The number of hydrogen-bond donors (Lipinski definition) is 0. The van der Waals surface area contributed by atoms with Crippen LogP contribution in [0.3, 0.4) is 0 Å². The summed E-state index contributed by atoms with van der Waals surface area (Å²) in [5.41, 5.74) is 5.03. The molecule has 0 aliphatic heterocycles. The molecule has 7 rings (SSSR count). The quantitative estimate of drug-likeness (QED) is 0.158. The molecule has 0 radical (unpaired) electrons. The number of carbonyl (C=O) groups is 1. The predicted molar refractivity (Wildman–Crippen MR) is 228 cm³/mol. The Bertz CT molecular complexity index is 1450. The van der Waals surface area contributed by atoms with Crippen molar-refractivity contribution in [2.24, 2.45) is 0 Å². The second-order valence-corrected chi connectivity index (χ2v) is 23.1. The maximum Gasteiger partial charge on any atom is 0.343 e. The average molecular weight is 802 g/mol. The van der Waals surface area contributed by atoms with E-state index in [-0.39, 0.29) is 12.7 Å². The van der Waals surface area contributed by atoms with E-state index < -0.39 is 21.8 Å². The molecule has 0 N–H and O–H groups in total. The highest BCUT2D eigenvalue weighted by Crippen LogP contribution is 2.61. The molecule has 0 unspecified atom stereocenters. The lowest BCUT2D eigenvalue weighted by molar-refractivity contribution is -0.142. The first-order valence-electron chi connectivity index (χ1n) is 21.6. The van der Waals surface area contributed by atoms with E-state index in [1.165, 1.54) is 171 Å². The van der Waals surface area contributed by atoms with Crippen molar-refractivity contribution in [3.8, 4) is 22.6 Å². The lowest BCUT2D eigenvalue weighted by atomic mass is 9.97. The monoisotopic (exact) mass is 800 g/mol. The summed E-state index contributed by atoms with van der Waals surface area (Å²) < 4.78 is 19.1. The van der Waals surface area contributed by atoms with Crippen molar-refractivity contribution in [1.29, 1.82) is 0 Å². The van der Waals surface area contributed by atoms with Gasteiger partial charge in [0.25, 0.3) is 0 Å². The number of carbonyl (C=O) groups excluding carboxylic acids is 1. The summed E-state index contributed by atoms with van der Waals surface area (Å²) in [6.07, 6.45) is 32.3. The van der Waals surface area contributed by atoms with E-state index in [0.29, 0.717) is 38.4 Å². The molecule has 53 heavy (non-hydrogen) atoms. The highest BCUT2D eigenvalue weighted by molar-refractivity contribution is 7.68. The third-order valence-corrected chi connectivity index (χ3v) is 20.9. The van der Waals surface area contributed by atoms with Crippen LogP contribution in [0.1, 0.15) is 161 Å². The molecule has 292 valence electrons. The molecule has 0 saturated heterocycles. The lowest BCUT2D eigenvalue weighted by Gasteiger charge is -2.42. The summed E-state index contributed by atoms with van der Waals surface area (Å²) in [4.78, 5) is 12.8. The molecule has 0 atom stereocenters. The van der Waals surface area contributed by atoms with Crippen LogP contribution in [0.2, 0.25) is 10.0 Å². The standard InChI is InChI=1S/C45H64Cl2O4P2/c1-49-41(48)31-50-44-37(46)27-29-39(52(33-19-9-3-10-20-33)34-21-11-4-12-22-34)42(44)43-40(30-28-38(47)45(43)51-32-17-7-2-8-18-32)53(35-23-13-5-14-24-35)36-25-15-6-16-26-36/h27-30,32-36H,2-26,31H2,1H3. The Morgan fingerprint density at radius 2 is 0.906 bits per heavy atom. The SMILES string of the molecule is COC(=O)COc1c(Cl)ccc(P(C2CCCCC2)C2CCCCC2)c1-c1c(P(C2CCCCC2)C2CCCCC2)ccc(Cl)c1OC1CCCCC1. The van der Waals surface area contributed by atoms with E-state index >= 15 is 0 Å². The van der Waals surface area contributed by atoms with Crippen molar-refractivity contribution < 1.29 is 19.0 Å². The van der Waals surface area contributed by atoms with Gasteiger partial charge in [-0.1, -0.05) is 135 Å². The van der Waals surface area contributed by atoms with Gasteiger partial charge in [0.05, 0.1) is 23.3 Å². The minimum atomic E-state index is -0.543. The van der Waals surface area contributed by atoms with Gasteiger partial charge in [-0.2, -0.15) is 0 Å². The van der Waals surface area contributed by atoms with Crippen LogP contribution >= 0.6 is 39.0 Å². The number of hydrogen-bond acceptors (Lipinski definition) is 4. The Balaban J connectivity index is 1.50. The molecule has 0 amide bonds. The van der Waals surface area contributed by atoms with E-state index in [0.717, 1.165) is 24.2 Å². The predicted octanol–water partition coefficient (Wildman–Crippen LogP) is 13.5. The molecule has 8 heteroatoms. The highest BCUT2D eigenvalue weighted by atomic mass is 35.5. The van der Waals surface area contributed by atoms with Crippen LogP contribution in [0.15, 0.2) is 24.3 Å². The van der Waals surface area contributed by atoms with Gasteiger partial charge >= 0.3 is 5.97 Å². The van der Waals surface area contributed by atoms with Crippen LogP contribution in [0, 0.1) is 0 Å². The van der Waals surface area contributed by atoms with Crippen molar-refractivity contribution in [3.63, 3.8) is 0 Å². The van der Waals surface area contributed by atoms with E-state index in [9.17, 15) is 4.79 Å². The van der Waals surface area contributed by atoms with Crippen molar-refractivity contribution in [1.82, 2.24) is 0 Å². The zero-order chi connectivity index (χ0) is 36.6. The molecule has 5 saturated carbocycles. The van der Waals surface area contributed by atoms with Crippen LogP contribution in [0.5, 0.6) is 11.5 Å². The molecule has 5 aliphatic carbocycles. The maximum atomic E-state index is 12.8. The molecule has 5 fully saturated rings. The number of methoxy groups -OCH3 is 1. The van der Waals surface area contributed by atoms with E-state index in [4.69, 9.17) is 37.4 Å². The zero-order valence-electron chi connectivity index (χ0n) is 32.4. The first kappa shape index (κ1) is 40.2. The van der Waals surface area contributed by atoms with Gasteiger partial charge in [0.15, 0.2) is 6.61 Å². The molecule has 4 nitrogen and oxygen atoms in total. The van der Waals surface area contributed by atoms with E-state index in [2.05, 4.69) is 24.3 Å². The summed E-state index contributed by atoms with van der Waals surface area (Å²) in [6.45, 7) is -0.174. The fourth-order valence-corrected chi connectivity index (χ4v) is 18.9. The van der Waals surface area contributed by atoms with Gasteiger partial charge in [0.2, 0.25) is 0 Å². The topological polar surface area (TPSA) is 44.8 Å². The Labute approximate surface area is 333 Å². The number of esters is 1. The summed E-state index contributed by atoms with van der Waals surface area (Å²) in [7, 11) is 0.373. The Morgan fingerprint density at radius 1 is 0.547 bits per heavy atom. The highest BCUT2D eigenvalue weighted by Gasteiger charge is 2.40. The number of benzene rings is 2. The summed E-state index contributed by atoms with van der Waals surface area (Å²) >= 11 is 14.8. The average Bonchev–Trinajstić information content (AvgIpc) is 3.21. The molecule has 2 aromatic rings. The van der Waals surface area contributed by atoms with Gasteiger partial charge in [-0.25, -0.2) is 4.79 Å². The molecule has 0 aromatic heterocycles. The second kappa shape index (κ2) is 19.9. The minimum absolute atomic E-state index is 0.145. The Morgan fingerprint density at radius 3 is 1.30 bits per heavy atom. The Hall–Kier alpha value is -1.05. The zero-order valence-corrected chi connectivity index (χ0v) is 35.7. The van der Waals surface area contributed by atoms with Crippen molar-refractivity contribution in [2.45, 2.75) is 189 Å². The van der Waals surface area contributed by atoms with Crippen LogP contribution in [-0.4, -0.2) is 48.4 Å². The number of ether oxygens (including phenoxy) is 3. The van der Waals surface area contributed by atoms with Crippen molar-refractivity contribution in [2.75, 3.05) is 13.7 Å². The first-order chi connectivity index (χ1) is 26.0. The number of rotatable bonds is 12. The second-order valence-electron chi connectivity index (χ2n) is 16.8. The largest absolute Gasteiger partial charge is 0.488 e. The first-order valence-corrected chi connectivity index (χ1v) is 25.3. The van der Waals surface area contributed by atoms with Crippen molar-refractivity contribution in [3.05, 3.63) is 34.3 Å². The van der Waals surface area contributed by atoms with Crippen LogP contribution in [0.25, 0.3) is 11.1 Å². The number of halogens is 2. The third kappa shape index (κ3) is 9.74. The molecule has 0 spiro atoms. The summed E-state index contributed by atoms with van der Waals surface area (Å²) in [5, 5.41) is 4.13. The van der Waals surface area contributed by atoms with E-state index in [1.807, 2.05) is 0 Å². The van der Waals surface area contributed by atoms with Crippen LogP contribution in [-0.2, 0) is 9.53 Å². The normalized spacial score (nSPS) is 22.0. The molecular formula is C45H64Cl2O4P2. The van der Waals surface area contributed by atoms with Gasteiger partial charge < -0.3 is 14.2 Å². The fourth-order valence-electron chi connectivity index (χ4n) is 10.6. The third-order valence-electron chi connectivity index (χ3n) is 13.3. The molecule has 0 bridgehead atoms. The van der Waals surface area contributed by atoms with Crippen molar-refractivity contribution >= 4 is 55.6 Å². The molecule has 0 heterocycles. The molecule has 5 aliphatic rings. The smallest absolute Gasteiger partial charge is 0.343 e. The summed E-state index contributed by atoms with van der Waals surface area (Å²) in [6, 6.07) is 9.05. The van der Waals surface area contributed by atoms with E-state index in [1.54, 1.807) is 0 Å². The fraction of sp³-hybridized carbons (Fsp3) is 0.711. The van der Waals surface area contributed by atoms with Gasteiger partial charge in [-0.15, -0.1) is 0 Å². The summed E-state index contributed by atoms with van der Waals surface area (Å²) in [5.74, 6) is 1.09.